The standard InChI is InChI=1S/C18H26N6S/c1-14-20-9-10-24(14)16-15(6-4-8-21-16)12-22-17(19-3)23-13-18(2)7-5-11-25-18/h4,6,8-10H,5,7,11-13H2,1-3H3,(H2,19,22,23). The molecule has 1 aliphatic rings. The topological polar surface area (TPSA) is 67.1 Å². The van der Waals surface area contributed by atoms with Crippen molar-refractivity contribution < 1.29 is 0 Å². The van der Waals surface area contributed by atoms with Gasteiger partial charge in [0, 0.05) is 49.0 Å². The fraction of sp³-hybridized carbons (Fsp3) is 0.500. The van der Waals surface area contributed by atoms with Crippen molar-refractivity contribution in [1.82, 2.24) is 25.2 Å². The van der Waals surface area contributed by atoms with E-state index in [9.17, 15) is 0 Å². The van der Waals surface area contributed by atoms with Gasteiger partial charge in [-0.25, -0.2) is 9.97 Å². The zero-order valence-corrected chi connectivity index (χ0v) is 15.9. The number of aliphatic imine (C=N–C) groups is 1. The average Bonchev–Trinajstić information content (AvgIpc) is 3.24. The van der Waals surface area contributed by atoms with Crippen LogP contribution in [0, 0.1) is 6.92 Å². The normalized spacial score (nSPS) is 20.7. The van der Waals surface area contributed by atoms with Crippen LogP contribution in [0.2, 0.25) is 0 Å². The molecule has 25 heavy (non-hydrogen) atoms. The van der Waals surface area contributed by atoms with Crippen molar-refractivity contribution >= 4 is 17.7 Å². The molecule has 3 heterocycles. The van der Waals surface area contributed by atoms with Crippen LogP contribution in [-0.2, 0) is 6.54 Å². The summed E-state index contributed by atoms with van der Waals surface area (Å²) in [6.45, 7) is 5.89. The lowest BCUT2D eigenvalue weighted by Gasteiger charge is -2.24. The Morgan fingerprint density at radius 3 is 2.92 bits per heavy atom. The van der Waals surface area contributed by atoms with Gasteiger partial charge in [-0.05, 0) is 38.5 Å². The molecular weight excluding hydrogens is 332 g/mol. The Hall–Kier alpha value is -2.02. The van der Waals surface area contributed by atoms with Crippen LogP contribution < -0.4 is 10.6 Å². The molecule has 1 atom stereocenters. The summed E-state index contributed by atoms with van der Waals surface area (Å²) in [5.74, 6) is 3.91. The van der Waals surface area contributed by atoms with Gasteiger partial charge in [0.25, 0.3) is 0 Å². The highest BCUT2D eigenvalue weighted by molar-refractivity contribution is 8.00. The molecule has 3 rings (SSSR count). The number of aryl methyl sites for hydroxylation is 1. The Balaban J connectivity index is 1.64. The maximum absolute atomic E-state index is 4.53. The second kappa shape index (κ2) is 7.91. The number of imidazole rings is 1. The Kier molecular flexibility index (Phi) is 5.63. The summed E-state index contributed by atoms with van der Waals surface area (Å²) in [6.07, 6.45) is 8.10. The number of nitrogens with one attached hydrogen (secondary N) is 2. The third-order valence-corrected chi connectivity index (χ3v) is 6.06. The van der Waals surface area contributed by atoms with Crippen LogP contribution in [0.1, 0.15) is 31.2 Å². The fourth-order valence-electron chi connectivity index (χ4n) is 3.03. The highest BCUT2D eigenvalue weighted by Crippen LogP contribution is 2.36. The highest BCUT2D eigenvalue weighted by atomic mass is 32.2. The lowest BCUT2D eigenvalue weighted by Crippen LogP contribution is -2.43. The van der Waals surface area contributed by atoms with E-state index >= 15 is 0 Å². The number of guanidine groups is 1. The highest BCUT2D eigenvalue weighted by Gasteiger charge is 2.29. The van der Waals surface area contributed by atoms with Gasteiger partial charge < -0.3 is 10.6 Å². The van der Waals surface area contributed by atoms with Gasteiger partial charge in [0.05, 0.1) is 0 Å². The zero-order chi connectivity index (χ0) is 17.7. The minimum absolute atomic E-state index is 0.311. The van der Waals surface area contributed by atoms with Crippen molar-refractivity contribution in [2.45, 2.75) is 38.0 Å². The molecule has 2 aromatic rings. The molecule has 7 heteroatoms. The summed E-state index contributed by atoms with van der Waals surface area (Å²) in [5.41, 5.74) is 1.10. The number of pyridine rings is 1. The van der Waals surface area contributed by atoms with Crippen molar-refractivity contribution in [2.24, 2.45) is 4.99 Å². The minimum Gasteiger partial charge on any atom is -0.355 e. The van der Waals surface area contributed by atoms with E-state index in [0.29, 0.717) is 11.3 Å². The van der Waals surface area contributed by atoms with Crippen LogP contribution in [0.15, 0.2) is 35.7 Å². The van der Waals surface area contributed by atoms with Crippen LogP contribution in [0.25, 0.3) is 5.82 Å². The molecule has 0 spiro atoms. The fourth-order valence-corrected chi connectivity index (χ4v) is 4.28. The van der Waals surface area contributed by atoms with E-state index in [1.54, 1.807) is 6.20 Å². The molecule has 2 N–H and O–H groups in total. The molecule has 1 fully saturated rings. The molecule has 0 aromatic carbocycles. The summed E-state index contributed by atoms with van der Waals surface area (Å²) >= 11 is 2.05. The molecule has 1 saturated heterocycles. The third-order valence-electron chi connectivity index (χ3n) is 4.52. The molecule has 0 aliphatic carbocycles. The number of aromatic nitrogens is 3. The van der Waals surface area contributed by atoms with Crippen LogP contribution in [0.4, 0.5) is 0 Å². The maximum atomic E-state index is 4.53. The minimum atomic E-state index is 0.311. The summed E-state index contributed by atoms with van der Waals surface area (Å²) < 4.78 is 2.31. The number of hydrogen-bond acceptors (Lipinski definition) is 4. The molecule has 0 amide bonds. The molecular formula is C18H26N6S. The van der Waals surface area contributed by atoms with Gasteiger partial charge >= 0.3 is 0 Å². The van der Waals surface area contributed by atoms with Gasteiger partial charge in [-0.2, -0.15) is 11.8 Å². The zero-order valence-electron chi connectivity index (χ0n) is 15.1. The van der Waals surface area contributed by atoms with Crippen molar-refractivity contribution in [2.75, 3.05) is 19.3 Å². The quantitative estimate of drug-likeness (QED) is 0.635. The summed E-state index contributed by atoms with van der Waals surface area (Å²) in [5, 5.41) is 6.87. The van der Waals surface area contributed by atoms with E-state index in [1.165, 1.54) is 18.6 Å². The van der Waals surface area contributed by atoms with Crippen LogP contribution >= 0.6 is 11.8 Å². The first kappa shape index (κ1) is 17.8. The summed E-state index contributed by atoms with van der Waals surface area (Å²) in [7, 11) is 1.81. The van der Waals surface area contributed by atoms with Gasteiger partial charge in [0.1, 0.15) is 11.6 Å². The number of rotatable bonds is 5. The Labute approximate surface area is 153 Å². The van der Waals surface area contributed by atoms with Crippen LogP contribution in [0.3, 0.4) is 0 Å². The average molecular weight is 359 g/mol. The predicted molar refractivity (Wildman–Crippen MR) is 104 cm³/mol. The second-order valence-electron chi connectivity index (χ2n) is 6.51. The van der Waals surface area contributed by atoms with Crippen molar-refractivity contribution in [3.05, 3.63) is 42.1 Å². The van der Waals surface area contributed by atoms with Crippen molar-refractivity contribution in [3.63, 3.8) is 0 Å². The molecule has 0 radical (unpaired) electrons. The lowest BCUT2D eigenvalue weighted by molar-refractivity contribution is 0.584. The van der Waals surface area contributed by atoms with Crippen LogP contribution in [0.5, 0.6) is 0 Å². The van der Waals surface area contributed by atoms with E-state index < -0.39 is 0 Å². The number of hydrogen-bond donors (Lipinski definition) is 2. The van der Waals surface area contributed by atoms with E-state index in [4.69, 9.17) is 0 Å². The van der Waals surface area contributed by atoms with Gasteiger partial charge in [0.2, 0.25) is 0 Å². The molecule has 134 valence electrons. The summed E-state index contributed by atoms with van der Waals surface area (Å²) in [4.78, 5) is 13.2. The first-order chi connectivity index (χ1) is 12.1. The molecule has 0 saturated carbocycles. The SMILES string of the molecule is CN=C(NCc1cccnc1-n1ccnc1C)NCC1(C)CCCS1. The monoisotopic (exact) mass is 358 g/mol. The number of nitrogens with zero attached hydrogens (tertiary/aromatic N) is 4. The van der Waals surface area contributed by atoms with Gasteiger partial charge in [-0.15, -0.1) is 0 Å². The van der Waals surface area contributed by atoms with Gasteiger partial charge in [0.15, 0.2) is 5.96 Å². The smallest absolute Gasteiger partial charge is 0.191 e. The molecule has 2 aromatic heterocycles. The largest absolute Gasteiger partial charge is 0.355 e. The third kappa shape index (κ3) is 4.34. The van der Waals surface area contributed by atoms with Gasteiger partial charge in [-0.3, -0.25) is 9.56 Å². The Morgan fingerprint density at radius 1 is 1.36 bits per heavy atom. The lowest BCUT2D eigenvalue weighted by atomic mass is 10.1. The predicted octanol–water partition coefficient (Wildman–Crippen LogP) is 2.53. The Bertz CT molecular complexity index is 733. The van der Waals surface area contributed by atoms with E-state index in [0.717, 1.165) is 29.7 Å². The first-order valence-electron chi connectivity index (χ1n) is 8.64. The number of thioether (sulfide) groups is 1. The van der Waals surface area contributed by atoms with E-state index in [1.807, 2.05) is 48.8 Å². The van der Waals surface area contributed by atoms with Crippen LogP contribution in [-0.4, -0.2) is 44.6 Å². The summed E-state index contributed by atoms with van der Waals surface area (Å²) in [6, 6.07) is 4.04. The van der Waals surface area contributed by atoms with Crippen molar-refractivity contribution in [3.8, 4) is 5.82 Å². The molecule has 0 bridgehead atoms. The van der Waals surface area contributed by atoms with E-state index in [2.05, 4.69) is 38.6 Å². The van der Waals surface area contributed by atoms with E-state index in [-0.39, 0.29) is 0 Å². The second-order valence-corrected chi connectivity index (χ2v) is 8.19. The van der Waals surface area contributed by atoms with Crippen molar-refractivity contribution in [1.29, 1.82) is 0 Å². The molecule has 1 aliphatic heterocycles. The first-order valence-corrected chi connectivity index (χ1v) is 9.62. The molecule has 1 unspecified atom stereocenters. The molecule has 6 nitrogen and oxygen atoms in total. The Morgan fingerprint density at radius 2 is 2.24 bits per heavy atom. The maximum Gasteiger partial charge on any atom is 0.191 e. The van der Waals surface area contributed by atoms with Gasteiger partial charge in [-0.1, -0.05) is 6.07 Å².